The number of hydrogen-bond acceptors (Lipinski definition) is 5. The number of carbonyl (C=O) groups excluding carboxylic acids is 2. The van der Waals surface area contributed by atoms with Crippen LogP contribution in [0.15, 0.2) is 40.9 Å². The molecular formula is C16H12BrClN2O5. The molecule has 25 heavy (non-hydrogen) atoms. The molecule has 2 aromatic carbocycles. The summed E-state index contributed by atoms with van der Waals surface area (Å²) in [5, 5.41) is 13.7. The predicted octanol–water partition coefficient (Wildman–Crippen LogP) is 4.11. The number of aryl methyl sites for hydroxylation is 1. The second-order valence-corrected chi connectivity index (χ2v) is 6.35. The van der Waals surface area contributed by atoms with Crippen molar-refractivity contribution < 1.29 is 19.2 Å². The van der Waals surface area contributed by atoms with Crippen LogP contribution < -0.4 is 5.32 Å². The molecule has 0 unspecified atom stereocenters. The zero-order valence-corrected chi connectivity index (χ0v) is 15.3. The van der Waals surface area contributed by atoms with Crippen molar-refractivity contribution in [2.75, 3.05) is 11.9 Å². The fraction of sp³-hybridized carbons (Fsp3) is 0.125. The number of carbonyl (C=O) groups is 2. The lowest BCUT2D eigenvalue weighted by atomic mass is 10.2. The van der Waals surface area contributed by atoms with Crippen LogP contribution in [0.2, 0.25) is 5.02 Å². The zero-order chi connectivity index (χ0) is 18.6. The number of amides is 1. The van der Waals surface area contributed by atoms with Gasteiger partial charge in [-0.25, -0.2) is 4.79 Å². The first-order chi connectivity index (χ1) is 11.8. The molecule has 2 aromatic rings. The number of rotatable bonds is 5. The molecule has 0 saturated carbocycles. The van der Waals surface area contributed by atoms with E-state index in [1.54, 1.807) is 12.1 Å². The summed E-state index contributed by atoms with van der Waals surface area (Å²) in [6.45, 7) is 1.23. The first kappa shape index (κ1) is 18.9. The van der Waals surface area contributed by atoms with Gasteiger partial charge >= 0.3 is 5.97 Å². The Bertz CT molecular complexity index is 856. The number of benzene rings is 2. The third-order valence-corrected chi connectivity index (χ3v) is 3.90. The minimum Gasteiger partial charge on any atom is -0.452 e. The molecule has 0 aliphatic rings. The fourth-order valence-electron chi connectivity index (χ4n) is 1.99. The van der Waals surface area contributed by atoms with E-state index in [4.69, 9.17) is 16.3 Å². The topological polar surface area (TPSA) is 98.5 Å². The van der Waals surface area contributed by atoms with Crippen molar-refractivity contribution in [3.05, 3.63) is 67.1 Å². The Kier molecular flexibility index (Phi) is 6.11. The van der Waals surface area contributed by atoms with Gasteiger partial charge in [0.1, 0.15) is 5.56 Å². The van der Waals surface area contributed by atoms with Gasteiger partial charge in [0.2, 0.25) is 0 Å². The number of nitro benzene ring substituents is 1. The average molecular weight is 428 g/mol. The Morgan fingerprint density at radius 1 is 1.28 bits per heavy atom. The molecule has 7 nitrogen and oxygen atoms in total. The first-order valence-corrected chi connectivity index (χ1v) is 8.12. The normalized spacial score (nSPS) is 10.2. The van der Waals surface area contributed by atoms with Crippen LogP contribution in [-0.4, -0.2) is 23.4 Å². The van der Waals surface area contributed by atoms with Gasteiger partial charge in [-0.1, -0.05) is 27.5 Å². The molecule has 9 heteroatoms. The molecule has 0 heterocycles. The fourth-order valence-corrected chi connectivity index (χ4v) is 2.63. The van der Waals surface area contributed by atoms with Crippen molar-refractivity contribution in [3.8, 4) is 0 Å². The summed E-state index contributed by atoms with van der Waals surface area (Å²) in [6.07, 6.45) is 0. The van der Waals surface area contributed by atoms with Crippen molar-refractivity contribution in [2.45, 2.75) is 6.92 Å². The number of anilines is 1. The number of nitrogens with zero attached hydrogens (tertiary/aromatic N) is 1. The molecule has 0 fully saturated rings. The number of nitrogens with one attached hydrogen (secondary N) is 1. The molecule has 0 aliphatic heterocycles. The van der Waals surface area contributed by atoms with Crippen LogP contribution in [0.3, 0.4) is 0 Å². The second kappa shape index (κ2) is 8.09. The Balaban J connectivity index is 2.02. The van der Waals surface area contributed by atoms with Gasteiger partial charge in [-0.3, -0.25) is 14.9 Å². The van der Waals surface area contributed by atoms with E-state index in [0.717, 1.165) is 16.1 Å². The zero-order valence-electron chi connectivity index (χ0n) is 12.9. The van der Waals surface area contributed by atoms with Crippen LogP contribution in [0.5, 0.6) is 0 Å². The maximum atomic E-state index is 12.0. The van der Waals surface area contributed by atoms with E-state index < -0.39 is 29.1 Å². The second-order valence-electron chi connectivity index (χ2n) is 5.00. The highest BCUT2D eigenvalue weighted by Gasteiger charge is 2.22. The number of halogens is 2. The summed E-state index contributed by atoms with van der Waals surface area (Å²) in [4.78, 5) is 34.1. The van der Waals surface area contributed by atoms with Crippen LogP contribution >= 0.6 is 27.5 Å². The first-order valence-electron chi connectivity index (χ1n) is 6.95. The molecule has 130 valence electrons. The Morgan fingerprint density at radius 3 is 2.64 bits per heavy atom. The van der Waals surface area contributed by atoms with Crippen molar-refractivity contribution in [3.63, 3.8) is 0 Å². The van der Waals surface area contributed by atoms with Gasteiger partial charge in [0.05, 0.1) is 4.92 Å². The van der Waals surface area contributed by atoms with Gasteiger partial charge in [0, 0.05) is 21.2 Å². The molecule has 0 atom stereocenters. The number of esters is 1. The molecule has 0 spiro atoms. The molecule has 2 rings (SSSR count). The molecule has 0 saturated heterocycles. The predicted molar refractivity (Wildman–Crippen MR) is 95.9 cm³/mol. The van der Waals surface area contributed by atoms with Gasteiger partial charge in [0.25, 0.3) is 11.6 Å². The van der Waals surface area contributed by atoms with Gasteiger partial charge < -0.3 is 10.1 Å². The van der Waals surface area contributed by atoms with Crippen LogP contribution in [0.1, 0.15) is 15.9 Å². The largest absolute Gasteiger partial charge is 0.452 e. The Morgan fingerprint density at radius 2 is 2.00 bits per heavy atom. The summed E-state index contributed by atoms with van der Waals surface area (Å²) in [5.74, 6) is -1.54. The van der Waals surface area contributed by atoms with Crippen LogP contribution in [0.25, 0.3) is 0 Å². The summed E-state index contributed by atoms with van der Waals surface area (Å²) >= 11 is 9.00. The summed E-state index contributed by atoms with van der Waals surface area (Å²) in [6, 6.07) is 8.83. The van der Waals surface area contributed by atoms with Gasteiger partial charge in [0.15, 0.2) is 6.61 Å². The lowest BCUT2D eigenvalue weighted by Crippen LogP contribution is -2.21. The molecular weight excluding hydrogens is 416 g/mol. The highest BCUT2D eigenvalue weighted by molar-refractivity contribution is 9.10. The van der Waals surface area contributed by atoms with E-state index in [9.17, 15) is 19.7 Å². The minimum absolute atomic E-state index is 0.117. The maximum Gasteiger partial charge on any atom is 0.345 e. The van der Waals surface area contributed by atoms with Crippen molar-refractivity contribution >= 4 is 50.8 Å². The van der Waals surface area contributed by atoms with E-state index in [0.29, 0.717) is 5.69 Å². The third-order valence-electron chi connectivity index (χ3n) is 3.17. The number of hydrogen-bond donors (Lipinski definition) is 1. The van der Waals surface area contributed by atoms with Crippen LogP contribution in [0.4, 0.5) is 11.4 Å². The van der Waals surface area contributed by atoms with E-state index in [-0.39, 0.29) is 10.6 Å². The molecule has 0 radical (unpaired) electrons. The highest BCUT2D eigenvalue weighted by atomic mass is 79.9. The van der Waals surface area contributed by atoms with E-state index in [2.05, 4.69) is 21.2 Å². The van der Waals surface area contributed by atoms with Gasteiger partial charge in [-0.2, -0.15) is 0 Å². The third kappa shape index (κ3) is 5.01. The Labute approximate surface area is 156 Å². The average Bonchev–Trinajstić information content (AvgIpc) is 2.55. The summed E-state index contributed by atoms with van der Waals surface area (Å²) < 4.78 is 5.71. The summed E-state index contributed by atoms with van der Waals surface area (Å²) in [5.41, 5.74) is 0.632. The molecule has 0 aromatic heterocycles. The monoisotopic (exact) mass is 426 g/mol. The SMILES string of the molecule is Cc1cc(Br)ccc1NC(=O)COC(=O)c1ccc(Cl)cc1[N+](=O)[O-]. The van der Waals surface area contributed by atoms with E-state index in [1.807, 2.05) is 13.0 Å². The van der Waals surface area contributed by atoms with E-state index in [1.165, 1.54) is 12.1 Å². The minimum atomic E-state index is -0.981. The van der Waals surface area contributed by atoms with E-state index >= 15 is 0 Å². The van der Waals surface area contributed by atoms with Crippen molar-refractivity contribution in [2.24, 2.45) is 0 Å². The number of ether oxygens (including phenoxy) is 1. The molecule has 1 N–H and O–H groups in total. The highest BCUT2D eigenvalue weighted by Crippen LogP contribution is 2.24. The van der Waals surface area contributed by atoms with Crippen molar-refractivity contribution in [1.82, 2.24) is 0 Å². The quantitative estimate of drug-likeness (QED) is 0.440. The molecule has 1 amide bonds. The lowest BCUT2D eigenvalue weighted by molar-refractivity contribution is -0.385. The molecule has 0 bridgehead atoms. The lowest BCUT2D eigenvalue weighted by Gasteiger charge is -2.09. The van der Waals surface area contributed by atoms with Crippen molar-refractivity contribution in [1.29, 1.82) is 0 Å². The van der Waals surface area contributed by atoms with Crippen LogP contribution in [-0.2, 0) is 9.53 Å². The standard InChI is InChI=1S/C16H12BrClN2O5/c1-9-6-10(17)2-5-13(9)19-15(21)8-25-16(22)12-4-3-11(18)7-14(12)20(23)24/h2-7H,8H2,1H3,(H,19,21). The number of nitro groups is 1. The molecule has 0 aliphatic carbocycles. The maximum absolute atomic E-state index is 12.0. The van der Waals surface area contributed by atoms with Gasteiger partial charge in [-0.15, -0.1) is 0 Å². The Hall–Kier alpha value is -2.45. The van der Waals surface area contributed by atoms with Gasteiger partial charge in [-0.05, 0) is 42.8 Å². The smallest absolute Gasteiger partial charge is 0.345 e. The summed E-state index contributed by atoms with van der Waals surface area (Å²) in [7, 11) is 0. The van der Waals surface area contributed by atoms with Crippen LogP contribution in [0, 0.1) is 17.0 Å².